The lowest BCUT2D eigenvalue weighted by atomic mass is 10.0. The van der Waals surface area contributed by atoms with Crippen LogP contribution < -0.4 is 5.32 Å². The highest BCUT2D eigenvalue weighted by Gasteiger charge is 2.28. The smallest absolute Gasteiger partial charge is 0.339 e. The van der Waals surface area contributed by atoms with Crippen LogP contribution in [0.1, 0.15) is 60.6 Å². The van der Waals surface area contributed by atoms with Crippen molar-refractivity contribution in [3.8, 4) is 0 Å². The summed E-state index contributed by atoms with van der Waals surface area (Å²) in [6.07, 6.45) is 6.23. The van der Waals surface area contributed by atoms with Crippen LogP contribution in [-0.2, 0) is 22.4 Å². The fraction of sp³-hybridized carbons (Fsp3) is 0.476. The summed E-state index contributed by atoms with van der Waals surface area (Å²) in [6, 6.07) is 7.86. The number of rotatable bonds is 4. The molecule has 1 aromatic carbocycles. The van der Waals surface area contributed by atoms with Gasteiger partial charge in [-0.3, -0.25) is 9.78 Å². The van der Waals surface area contributed by atoms with Crippen molar-refractivity contribution in [2.45, 2.75) is 64.0 Å². The van der Waals surface area contributed by atoms with Crippen LogP contribution in [0.2, 0.25) is 0 Å². The summed E-state index contributed by atoms with van der Waals surface area (Å²) in [5.41, 5.74) is 3.36. The standard InChI is InChI=1S/C21H24N2O3/c1-13(20(24)22-14-7-2-3-8-14)26-21(25)19-15-9-4-5-11-17(15)23-18-12-6-10-16(18)19/h4-5,9,11,13-14H,2-3,6-8,10,12H2,1H3,(H,22,24). The molecule has 136 valence electrons. The number of aryl methyl sites for hydroxylation is 1. The molecule has 26 heavy (non-hydrogen) atoms. The molecule has 0 radical (unpaired) electrons. The Bertz CT molecular complexity index is 856. The van der Waals surface area contributed by atoms with Gasteiger partial charge in [0.25, 0.3) is 5.91 Å². The Labute approximate surface area is 153 Å². The van der Waals surface area contributed by atoms with Gasteiger partial charge in [0.2, 0.25) is 0 Å². The number of nitrogens with zero attached hydrogens (tertiary/aromatic N) is 1. The van der Waals surface area contributed by atoms with Gasteiger partial charge in [-0.15, -0.1) is 0 Å². The lowest BCUT2D eigenvalue weighted by Crippen LogP contribution is -2.41. The summed E-state index contributed by atoms with van der Waals surface area (Å²) >= 11 is 0. The van der Waals surface area contributed by atoms with Crippen molar-refractivity contribution in [3.05, 3.63) is 41.1 Å². The van der Waals surface area contributed by atoms with E-state index < -0.39 is 12.1 Å². The topological polar surface area (TPSA) is 68.3 Å². The zero-order chi connectivity index (χ0) is 18.1. The van der Waals surface area contributed by atoms with E-state index in [1.165, 1.54) is 0 Å². The Hall–Kier alpha value is -2.43. The maximum atomic E-state index is 12.9. The number of aromatic nitrogens is 1. The number of hydrogen-bond donors (Lipinski definition) is 1. The fourth-order valence-corrected chi connectivity index (χ4v) is 4.11. The number of nitrogens with one attached hydrogen (secondary N) is 1. The van der Waals surface area contributed by atoms with Gasteiger partial charge in [0.05, 0.1) is 11.1 Å². The number of pyridine rings is 1. The minimum atomic E-state index is -0.799. The molecular weight excluding hydrogens is 328 g/mol. The zero-order valence-corrected chi connectivity index (χ0v) is 15.1. The first-order valence-corrected chi connectivity index (χ1v) is 9.55. The number of benzene rings is 1. The van der Waals surface area contributed by atoms with Crippen molar-refractivity contribution in [2.75, 3.05) is 0 Å². The number of para-hydroxylation sites is 1. The maximum absolute atomic E-state index is 12.9. The van der Waals surface area contributed by atoms with E-state index in [1.807, 2.05) is 24.3 Å². The van der Waals surface area contributed by atoms with Crippen LogP contribution in [0.15, 0.2) is 24.3 Å². The second-order valence-corrected chi connectivity index (χ2v) is 7.32. The molecule has 1 amide bonds. The van der Waals surface area contributed by atoms with Crippen molar-refractivity contribution in [3.63, 3.8) is 0 Å². The van der Waals surface area contributed by atoms with Gasteiger partial charge < -0.3 is 10.1 Å². The molecule has 5 nitrogen and oxygen atoms in total. The van der Waals surface area contributed by atoms with Crippen molar-refractivity contribution < 1.29 is 14.3 Å². The number of amides is 1. The first-order valence-electron chi connectivity index (χ1n) is 9.55. The first-order chi connectivity index (χ1) is 12.6. The number of hydrogen-bond acceptors (Lipinski definition) is 4. The fourth-order valence-electron chi connectivity index (χ4n) is 4.11. The molecule has 4 rings (SSSR count). The van der Waals surface area contributed by atoms with Gasteiger partial charge in [0.1, 0.15) is 0 Å². The Morgan fingerprint density at radius 2 is 1.92 bits per heavy atom. The van der Waals surface area contributed by atoms with E-state index in [-0.39, 0.29) is 11.9 Å². The molecule has 2 aromatic rings. The van der Waals surface area contributed by atoms with E-state index in [4.69, 9.17) is 9.72 Å². The van der Waals surface area contributed by atoms with Gasteiger partial charge >= 0.3 is 5.97 Å². The summed E-state index contributed by atoms with van der Waals surface area (Å²) in [6.45, 7) is 1.64. The molecule has 2 aliphatic carbocycles. The lowest BCUT2D eigenvalue weighted by molar-refractivity contribution is -0.129. The Kier molecular flexibility index (Phi) is 4.62. The zero-order valence-electron chi connectivity index (χ0n) is 15.1. The molecule has 0 saturated heterocycles. The molecule has 1 saturated carbocycles. The molecule has 1 heterocycles. The molecular formula is C21H24N2O3. The van der Waals surface area contributed by atoms with Gasteiger partial charge in [-0.25, -0.2) is 4.79 Å². The second kappa shape index (κ2) is 7.06. The Morgan fingerprint density at radius 3 is 2.73 bits per heavy atom. The van der Waals surface area contributed by atoms with Gasteiger partial charge in [0, 0.05) is 17.1 Å². The molecule has 1 aromatic heterocycles. The third kappa shape index (κ3) is 3.18. The molecule has 1 unspecified atom stereocenters. The number of esters is 1. The summed E-state index contributed by atoms with van der Waals surface area (Å²) in [4.78, 5) is 30.0. The monoisotopic (exact) mass is 352 g/mol. The average molecular weight is 352 g/mol. The van der Waals surface area contributed by atoms with Crippen LogP contribution in [0, 0.1) is 0 Å². The van der Waals surface area contributed by atoms with Crippen LogP contribution in [0.3, 0.4) is 0 Å². The normalized spacial score (nSPS) is 17.9. The van der Waals surface area contributed by atoms with Crippen molar-refractivity contribution in [1.29, 1.82) is 0 Å². The van der Waals surface area contributed by atoms with E-state index in [2.05, 4.69) is 5.32 Å². The van der Waals surface area contributed by atoms with Crippen LogP contribution in [-0.4, -0.2) is 29.0 Å². The molecule has 1 N–H and O–H groups in total. The highest BCUT2D eigenvalue weighted by Crippen LogP contribution is 2.30. The van der Waals surface area contributed by atoms with E-state index in [9.17, 15) is 9.59 Å². The highest BCUT2D eigenvalue weighted by atomic mass is 16.5. The number of fused-ring (bicyclic) bond motifs is 2. The van der Waals surface area contributed by atoms with Crippen molar-refractivity contribution >= 4 is 22.8 Å². The first kappa shape index (κ1) is 17.0. The average Bonchev–Trinajstić information content (AvgIpc) is 3.30. The summed E-state index contributed by atoms with van der Waals surface area (Å²) in [7, 11) is 0. The minimum Gasteiger partial charge on any atom is -0.449 e. The van der Waals surface area contributed by atoms with E-state index in [1.54, 1.807) is 6.92 Å². The third-order valence-corrected chi connectivity index (χ3v) is 5.48. The van der Waals surface area contributed by atoms with Gasteiger partial charge in [-0.2, -0.15) is 0 Å². The van der Waals surface area contributed by atoms with Crippen molar-refractivity contribution in [2.24, 2.45) is 0 Å². The van der Waals surface area contributed by atoms with Gasteiger partial charge in [-0.05, 0) is 50.7 Å². The SMILES string of the molecule is CC(OC(=O)c1c2c(nc3ccccc13)CCC2)C(=O)NC1CCCC1. The summed E-state index contributed by atoms with van der Waals surface area (Å²) < 4.78 is 5.56. The molecule has 1 atom stereocenters. The molecule has 1 fully saturated rings. The van der Waals surface area contributed by atoms with Crippen LogP contribution in [0.25, 0.3) is 10.9 Å². The molecule has 5 heteroatoms. The van der Waals surface area contributed by atoms with Crippen LogP contribution in [0.5, 0.6) is 0 Å². The molecule has 2 aliphatic rings. The van der Waals surface area contributed by atoms with E-state index in [0.29, 0.717) is 5.56 Å². The number of carbonyl (C=O) groups excluding carboxylic acids is 2. The van der Waals surface area contributed by atoms with Crippen LogP contribution in [0.4, 0.5) is 0 Å². The van der Waals surface area contributed by atoms with Gasteiger partial charge in [-0.1, -0.05) is 31.0 Å². The van der Waals surface area contributed by atoms with Gasteiger partial charge in [0.15, 0.2) is 6.10 Å². The summed E-state index contributed by atoms with van der Waals surface area (Å²) in [5, 5.41) is 3.80. The molecule has 0 bridgehead atoms. The molecule has 0 aliphatic heterocycles. The van der Waals surface area contributed by atoms with E-state index >= 15 is 0 Å². The maximum Gasteiger partial charge on any atom is 0.339 e. The van der Waals surface area contributed by atoms with E-state index in [0.717, 1.165) is 67.1 Å². The predicted molar refractivity (Wildman–Crippen MR) is 99.0 cm³/mol. The number of carbonyl (C=O) groups is 2. The quantitative estimate of drug-likeness (QED) is 0.857. The highest BCUT2D eigenvalue weighted by molar-refractivity contribution is 6.06. The second-order valence-electron chi connectivity index (χ2n) is 7.32. The lowest BCUT2D eigenvalue weighted by Gasteiger charge is -2.18. The minimum absolute atomic E-state index is 0.208. The predicted octanol–water partition coefficient (Wildman–Crippen LogP) is 3.33. The Morgan fingerprint density at radius 1 is 1.15 bits per heavy atom. The molecule has 0 spiro atoms. The third-order valence-electron chi connectivity index (χ3n) is 5.48. The largest absolute Gasteiger partial charge is 0.449 e. The number of ether oxygens (including phenoxy) is 1. The van der Waals surface area contributed by atoms with Crippen LogP contribution >= 0.6 is 0 Å². The summed E-state index contributed by atoms with van der Waals surface area (Å²) in [5.74, 6) is -0.629. The van der Waals surface area contributed by atoms with Crippen molar-refractivity contribution in [1.82, 2.24) is 10.3 Å². The Balaban J connectivity index is 1.57.